The van der Waals surface area contributed by atoms with Crippen LogP contribution in [0.15, 0.2) is 6.20 Å². The molecule has 0 aliphatic heterocycles. The summed E-state index contributed by atoms with van der Waals surface area (Å²) in [4.78, 5) is 10.4. The predicted octanol–water partition coefficient (Wildman–Crippen LogP) is 2.76. The highest BCUT2D eigenvalue weighted by Crippen LogP contribution is 2.16. The third kappa shape index (κ3) is 6.36. The fourth-order valence-corrected chi connectivity index (χ4v) is 1.89. The molecule has 1 aromatic heterocycles. The van der Waals surface area contributed by atoms with E-state index in [0.29, 0.717) is 12.8 Å². The van der Waals surface area contributed by atoms with Gasteiger partial charge in [0.05, 0.1) is 5.69 Å². The number of nitrogens with zero attached hydrogens (tertiary/aromatic N) is 3. The molecule has 0 spiro atoms. The summed E-state index contributed by atoms with van der Waals surface area (Å²) in [6.45, 7) is 7.67. The Balaban J connectivity index is 2.25. The summed E-state index contributed by atoms with van der Waals surface area (Å²) in [6, 6.07) is 0. The van der Waals surface area contributed by atoms with Gasteiger partial charge in [-0.15, -0.1) is 5.10 Å². The topological polar surface area (TPSA) is 68.0 Å². The van der Waals surface area contributed by atoms with Crippen molar-refractivity contribution in [1.82, 2.24) is 15.0 Å². The maximum atomic E-state index is 10.4. The molecule has 1 rings (SSSR count). The molecule has 1 heterocycles. The van der Waals surface area contributed by atoms with E-state index in [9.17, 15) is 4.79 Å². The predicted molar refractivity (Wildman–Crippen MR) is 73.8 cm³/mol. The van der Waals surface area contributed by atoms with Crippen molar-refractivity contribution in [2.45, 2.75) is 59.4 Å². The Bertz CT molecular complexity index is 388. The molecule has 108 valence electrons. The average molecular weight is 267 g/mol. The van der Waals surface area contributed by atoms with Gasteiger partial charge in [0.1, 0.15) is 0 Å². The van der Waals surface area contributed by atoms with Gasteiger partial charge in [-0.3, -0.25) is 9.48 Å². The van der Waals surface area contributed by atoms with Crippen LogP contribution in [0.25, 0.3) is 0 Å². The number of carboxylic acid groups (broad SMARTS) is 1. The minimum absolute atomic E-state index is 0.193. The summed E-state index contributed by atoms with van der Waals surface area (Å²) in [6.07, 6.45) is 5.75. The van der Waals surface area contributed by atoms with Gasteiger partial charge in [0.2, 0.25) is 0 Å². The third-order valence-corrected chi connectivity index (χ3v) is 3.59. The van der Waals surface area contributed by atoms with E-state index in [1.807, 2.05) is 10.9 Å². The third-order valence-electron chi connectivity index (χ3n) is 3.59. The molecule has 0 bridgehead atoms. The van der Waals surface area contributed by atoms with Gasteiger partial charge in [0.15, 0.2) is 0 Å². The van der Waals surface area contributed by atoms with Crippen LogP contribution in [0.1, 0.15) is 52.1 Å². The van der Waals surface area contributed by atoms with E-state index in [0.717, 1.165) is 30.5 Å². The maximum Gasteiger partial charge on any atom is 0.303 e. The second-order valence-electron chi connectivity index (χ2n) is 5.58. The Morgan fingerprint density at radius 3 is 2.74 bits per heavy atom. The summed E-state index contributed by atoms with van der Waals surface area (Å²) < 4.78 is 1.86. The Morgan fingerprint density at radius 1 is 1.37 bits per heavy atom. The molecule has 1 aromatic rings. The molecule has 0 fully saturated rings. The van der Waals surface area contributed by atoms with Crippen molar-refractivity contribution in [3.05, 3.63) is 11.9 Å². The fraction of sp³-hybridized carbons (Fsp3) is 0.786. The van der Waals surface area contributed by atoms with Crippen LogP contribution in [-0.2, 0) is 17.8 Å². The largest absolute Gasteiger partial charge is 0.481 e. The Hall–Kier alpha value is -1.39. The number of carboxylic acids is 1. The molecule has 0 radical (unpaired) electrons. The molecule has 5 nitrogen and oxygen atoms in total. The minimum Gasteiger partial charge on any atom is -0.481 e. The summed E-state index contributed by atoms with van der Waals surface area (Å²) in [5, 5.41) is 16.7. The molecule has 0 aromatic carbocycles. The van der Waals surface area contributed by atoms with E-state index in [4.69, 9.17) is 5.11 Å². The second-order valence-corrected chi connectivity index (χ2v) is 5.58. The van der Waals surface area contributed by atoms with Crippen LogP contribution in [0.2, 0.25) is 0 Å². The fourth-order valence-electron chi connectivity index (χ4n) is 1.89. The van der Waals surface area contributed by atoms with E-state index < -0.39 is 5.97 Å². The smallest absolute Gasteiger partial charge is 0.303 e. The van der Waals surface area contributed by atoms with Crippen molar-refractivity contribution >= 4 is 5.97 Å². The van der Waals surface area contributed by atoms with Crippen LogP contribution in [0.5, 0.6) is 0 Å². The van der Waals surface area contributed by atoms with E-state index in [-0.39, 0.29) is 6.42 Å². The minimum atomic E-state index is -0.755. The SMILES string of the molecule is CC(C)C(C)CCCn1cc(CCCC(=O)O)nn1. The first-order chi connectivity index (χ1) is 8.99. The zero-order chi connectivity index (χ0) is 14.3. The van der Waals surface area contributed by atoms with Crippen molar-refractivity contribution in [2.24, 2.45) is 11.8 Å². The molecular formula is C14H25N3O2. The molecule has 1 unspecified atom stereocenters. The first-order valence-electron chi connectivity index (χ1n) is 7.10. The lowest BCUT2D eigenvalue weighted by atomic mass is 9.93. The van der Waals surface area contributed by atoms with Crippen LogP contribution in [0, 0.1) is 11.8 Å². The molecule has 19 heavy (non-hydrogen) atoms. The van der Waals surface area contributed by atoms with E-state index in [1.54, 1.807) is 0 Å². The second kappa shape index (κ2) is 7.92. The highest BCUT2D eigenvalue weighted by Gasteiger charge is 2.07. The van der Waals surface area contributed by atoms with Gasteiger partial charge in [-0.2, -0.15) is 0 Å². The molecule has 1 atom stereocenters. The van der Waals surface area contributed by atoms with Crippen molar-refractivity contribution in [1.29, 1.82) is 0 Å². The van der Waals surface area contributed by atoms with Gasteiger partial charge in [-0.25, -0.2) is 0 Å². The lowest BCUT2D eigenvalue weighted by Gasteiger charge is -2.14. The van der Waals surface area contributed by atoms with E-state index in [2.05, 4.69) is 31.1 Å². The molecule has 0 saturated carbocycles. The van der Waals surface area contributed by atoms with Crippen molar-refractivity contribution in [3.63, 3.8) is 0 Å². The number of aryl methyl sites for hydroxylation is 2. The molecule has 5 heteroatoms. The van der Waals surface area contributed by atoms with Gasteiger partial charge in [-0.1, -0.05) is 26.0 Å². The first kappa shape index (κ1) is 15.7. The zero-order valence-corrected chi connectivity index (χ0v) is 12.2. The first-order valence-corrected chi connectivity index (χ1v) is 7.10. The van der Waals surface area contributed by atoms with Crippen LogP contribution in [0.4, 0.5) is 0 Å². The Labute approximate surface area is 115 Å². The Kier molecular flexibility index (Phi) is 6.53. The van der Waals surface area contributed by atoms with E-state index >= 15 is 0 Å². The normalized spacial score (nSPS) is 12.8. The standard InChI is InChI=1S/C14H25N3O2/c1-11(2)12(3)6-5-9-17-10-13(15-16-17)7-4-8-14(18)19/h10-12H,4-9H2,1-3H3,(H,18,19). The summed E-state index contributed by atoms with van der Waals surface area (Å²) in [5.41, 5.74) is 0.887. The van der Waals surface area contributed by atoms with Crippen LogP contribution < -0.4 is 0 Å². The van der Waals surface area contributed by atoms with Crippen molar-refractivity contribution < 1.29 is 9.90 Å². The molecule has 1 N–H and O–H groups in total. The van der Waals surface area contributed by atoms with Gasteiger partial charge in [-0.05, 0) is 37.5 Å². The maximum absolute atomic E-state index is 10.4. The summed E-state index contributed by atoms with van der Waals surface area (Å²) in [7, 11) is 0. The summed E-state index contributed by atoms with van der Waals surface area (Å²) >= 11 is 0. The number of aliphatic carboxylic acids is 1. The van der Waals surface area contributed by atoms with Crippen molar-refractivity contribution in [3.8, 4) is 0 Å². The number of hydrogen-bond acceptors (Lipinski definition) is 3. The number of aromatic nitrogens is 3. The molecule has 0 aliphatic carbocycles. The zero-order valence-electron chi connectivity index (χ0n) is 12.2. The highest BCUT2D eigenvalue weighted by atomic mass is 16.4. The molecule has 0 aliphatic rings. The highest BCUT2D eigenvalue weighted by molar-refractivity contribution is 5.66. The van der Waals surface area contributed by atoms with Gasteiger partial charge >= 0.3 is 5.97 Å². The Morgan fingerprint density at radius 2 is 2.11 bits per heavy atom. The van der Waals surface area contributed by atoms with Crippen molar-refractivity contribution in [2.75, 3.05) is 0 Å². The van der Waals surface area contributed by atoms with Crippen LogP contribution in [-0.4, -0.2) is 26.1 Å². The lowest BCUT2D eigenvalue weighted by molar-refractivity contribution is -0.137. The van der Waals surface area contributed by atoms with Gasteiger partial charge in [0.25, 0.3) is 0 Å². The molecule has 0 amide bonds. The molecule has 0 saturated heterocycles. The van der Waals surface area contributed by atoms with Gasteiger partial charge in [0, 0.05) is 19.2 Å². The van der Waals surface area contributed by atoms with E-state index in [1.165, 1.54) is 6.42 Å². The summed E-state index contributed by atoms with van der Waals surface area (Å²) in [5.74, 6) is 0.705. The van der Waals surface area contributed by atoms with Crippen LogP contribution in [0.3, 0.4) is 0 Å². The number of hydrogen-bond donors (Lipinski definition) is 1. The monoisotopic (exact) mass is 267 g/mol. The molecular weight excluding hydrogens is 242 g/mol. The number of carbonyl (C=O) groups is 1. The quantitative estimate of drug-likeness (QED) is 0.747. The average Bonchev–Trinajstić information content (AvgIpc) is 2.76. The van der Waals surface area contributed by atoms with Gasteiger partial charge < -0.3 is 5.11 Å². The van der Waals surface area contributed by atoms with Crippen LogP contribution >= 0.6 is 0 Å². The number of rotatable bonds is 9. The lowest BCUT2D eigenvalue weighted by Crippen LogP contribution is -2.06.